The Balaban J connectivity index is 1.36. The van der Waals surface area contributed by atoms with Crippen molar-refractivity contribution in [2.24, 2.45) is 0 Å². The molecule has 3 aliphatic heterocycles. The number of ether oxygens (including phenoxy) is 6. The van der Waals surface area contributed by atoms with E-state index in [1.54, 1.807) is 0 Å². The number of hydrogen-bond donors (Lipinski definition) is 4. The summed E-state index contributed by atoms with van der Waals surface area (Å²) in [5.74, 6) is -7.08. The number of nitrogens with one attached hydrogen (secondary N) is 2. The normalized spacial score (nSPS) is 29.4. The third kappa shape index (κ3) is 8.17. The fourth-order valence-electron chi connectivity index (χ4n) is 4.11. The van der Waals surface area contributed by atoms with Gasteiger partial charge in [-0.3, -0.25) is 9.59 Å². The number of carbonyl (C=O) groups excluding carboxylic acids is 4. The molecule has 18 nitrogen and oxygen atoms in total. The minimum atomic E-state index is -1.83. The number of carboxylic acid groups (broad SMARTS) is 2. The molecule has 3 rings (SSSR count). The zero-order chi connectivity index (χ0) is 31.2. The maximum atomic E-state index is 12.8. The van der Waals surface area contributed by atoms with E-state index in [1.165, 1.54) is 37.5 Å². The highest BCUT2D eigenvalue weighted by atomic mass is 16.7. The summed E-state index contributed by atoms with van der Waals surface area (Å²) in [4.78, 5) is 75.3. The van der Waals surface area contributed by atoms with Crippen molar-refractivity contribution in [1.82, 2.24) is 20.4 Å². The Bertz CT molecular complexity index is 964. The van der Waals surface area contributed by atoms with Gasteiger partial charge in [0, 0.05) is 40.0 Å². The van der Waals surface area contributed by atoms with E-state index in [9.17, 15) is 28.8 Å². The topological polar surface area (TPSA) is 229 Å². The van der Waals surface area contributed by atoms with Crippen LogP contribution in [0.4, 0.5) is 9.59 Å². The zero-order valence-corrected chi connectivity index (χ0v) is 23.7. The van der Waals surface area contributed by atoms with Crippen molar-refractivity contribution in [3.8, 4) is 0 Å². The lowest BCUT2D eigenvalue weighted by Crippen LogP contribution is -2.58. The van der Waals surface area contributed by atoms with Gasteiger partial charge in [-0.15, -0.1) is 0 Å². The summed E-state index contributed by atoms with van der Waals surface area (Å²) in [6, 6.07) is -1.91. The first-order chi connectivity index (χ1) is 19.6. The van der Waals surface area contributed by atoms with Crippen molar-refractivity contribution in [3.05, 3.63) is 0 Å². The lowest BCUT2D eigenvalue weighted by Gasteiger charge is -2.37. The largest absolute Gasteiger partial charge is 0.477 e. The molecule has 4 amide bonds. The molecule has 0 aromatic heterocycles. The molecule has 3 heterocycles. The van der Waals surface area contributed by atoms with Gasteiger partial charge in [-0.25, -0.2) is 19.2 Å². The zero-order valence-electron chi connectivity index (χ0n) is 23.7. The second kappa shape index (κ2) is 13.5. The van der Waals surface area contributed by atoms with Crippen LogP contribution in [-0.2, 0) is 47.6 Å². The van der Waals surface area contributed by atoms with Crippen LogP contribution in [0.1, 0.15) is 27.7 Å². The van der Waals surface area contributed by atoms with E-state index in [2.05, 4.69) is 10.6 Å². The van der Waals surface area contributed by atoms with Crippen molar-refractivity contribution in [2.75, 3.05) is 52.6 Å². The molecule has 0 spiro atoms. The Morgan fingerprint density at radius 3 is 1.21 bits per heavy atom. The highest BCUT2D eigenvalue weighted by molar-refractivity contribution is 5.87. The minimum absolute atomic E-state index is 0.181. The summed E-state index contributed by atoms with van der Waals surface area (Å²) in [5, 5.41) is 23.0. The van der Waals surface area contributed by atoms with E-state index in [4.69, 9.17) is 38.6 Å². The van der Waals surface area contributed by atoms with Crippen molar-refractivity contribution >= 4 is 35.9 Å². The van der Waals surface area contributed by atoms with Crippen LogP contribution < -0.4 is 10.6 Å². The van der Waals surface area contributed by atoms with Gasteiger partial charge in [-0.1, -0.05) is 0 Å². The van der Waals surface area contributed by atoms with E-state index >= 15 is 0 Å². The smallest absolute Gasteiger partial charge is 0.408 e. The molecule has 236 valence electrons. The van der Waals surface area contributed by atoms with Crippen molar-refractivity contribution in [3.63, 3.8) is 0 Å². The molecule has 2 atom stereocenters. The van der Waals surface area contributed by atoms with Crippen LogP contribution >= 0.6 is 0 Å². The molecule has 3 saturated heterocycles. The Labute approximate surface area is 240 Å². The van der Waals surface area contributed by atoms with Crippen LogP contribution in [0.3, 0.4) is 0 Å². The first kappa shape index (κ1) is 32.8. The lowest BCUT2D eigenvalue weighted by molar-refractivity contribution is -0.278. The van der Waals surface area contributed by atoms with Crippen molar-refractivity contribution in [1.29, 1.82) is 0 Å². The van der Waals surface area contributed by atoms with Crippen molar-refractivity contribution < 1.29 is 67.4 Å². The van der Waals surface area contributed by atoms with Gasteiger partial charge in [0.2, 0.25) is 11.8 Å². The van der Waals surface area contributed by atoms with Gasteiger partial charge in [-0.05, 0) is 13.8 Å². The number of hydrogen-bond acceptors (Lipinski definition) is 12. The Hall–Kier alpha value is -3.74. The van der Waals surface area contributed by atoms with Gasteiger partial charge in [0.25, 0.3) is 11.6 Å². The Kier molecular flexibility index (Phi) is 10.5. The van der Waals surface area contributed by atoms with Crippen LogP contribution in [0, 0.1) is 0 Å². The number of piperazine rings is 1. The van der Waals surface area contributed by atoms with Gasteiger partial charge in [0.15, 0.2) is 12.2 Å². The van der Waals surface area contributed by atoms with Crippen LogP contribution in [0.15, 0.2) is 0 Å². The summed E-state index contributed by atoms with van der Waals surface area (Å²) in [5.41, 5.74) is 0. The first-order valence-corrected chi connectivity index (χ1v) is 13.2. The van der Waals surface area contributed by atoms with Gasteiger partial charge in [-0.2, -0.15) is 0 Å². The van der Waals surface area contributed by atoms with Crippen LogP contribution in [0.5, 0.6) is 0 Å². The Morgan fingerprint density at radius 1 is 0.667 bits per heavy atom. The fraction of sp³-hybridized carbons (Fsp3) is 0.750. The molecular weight excluding hydrogens is 568 g/mol. The fourth-order valence-corrected chi connectivity index (χ4v) is 4.11. The number of rotatable bonds is 8. The van der Waals surface area contributed by atoms with E-state index in [0.717, 1.165) is 0 Å². The number of alkyl carbamates (subject to hydrolysis) is 2. The first-order valence-electron chi connectivity index (χ1n) is 13.2. The average Bonchev–Trinajstić information content (AvgIpc) is 2.94. The van der Waals surface area contributed by atoms with Crippen molar-refractivity contribution in [2.45, 2.75) is 63.6 Å². The number of carboxylic acids is 2. The molecule has 18 heteroatoms. The van der Waals surface area contributed by atoms with E-state index in [-0.39, 0.29) is 52.6 Å². The molecule has 0 saturated carbocycles. The molecule has 3 aliphatic rings. The summed E-state index contributed by atoms with van der Waals surface area (Å²) in [7, 11) is 0. The predicted molar refractivity (Wildman–Crippen MR) is 135 cm³/mol. The molecule has 3 fully saturated rings. The average molecular weight is 605 g/mol. The van der Waals surface area contributed by atoms with Gasteiger partial charge >= 0.3 is 24.1 Å². The van der Waals surface area contributed by atoms with Gasteiger partial charge in [0.1, 0.15) is 12.1 Å². The highest BCUT2D eigenvalue weighted by Crippen LogP contribution is 2.21. The van der Waals surface area contributed by atoms with E-state index in [0.29, 0.717) is 0 Å². The Morgan fingerprint density at radius 2 is 0.952 bits per heavy atom. The monoisotopic (exact) mass is 604 g/mol. The van der Waals surface area contributed by atoms with Gasteiger partial charge < -0.3 is 59.1 Å². The van der Waals surface area contributed by atoms with Gasteiger partial charge in [0.05, 0.1) is 26.4 Å². The maximum Gasteiger partial charge on any atom is 0.408 e. The third-order valence-electron chi connectivity index (χ3n) is 6.82. The maximum absolute atomic E-state index is 12.8. The number of aliphatic carboxylic acids is 2. The minimum Gasteiger partial charge on any atom is -0.477 e. The molecular formula is C24H36N4O14. The predicted octanol–water partition coefficient (Wildman–Crippen LogP) is -1.68. The lowest BCUT2D eigenvalue weighted by atomic mass is 10.2. The second-order valence-corrected chi connectivity index (χ2v) is 10.2. The molecule has 42 heavy (non-hydrogen) atoms. The number of nitrogens with zero attached hydrogens (tertiary/aromatic N) is 2. The summed E-state index contributed by atoms with van der Waals surface area (Å²) < 4.78 is 30.7. The molecule has 0 aliphatic carbocycles. The number of amides is 4. The van der Waals surface area contributed by atoms with Crippen LogP contribution in [-0.4, -0.2) is 144 Å². The quantitative estimate of drug-likeness (QED) is 0.243. The summed E-state index contributed by atoms with van der Waals surface area (Å²) in [6.07, 6.45) is -3.54. The molecule has 0 aromatic carbocycles. The molecule has 0 unspecified atom stereocenters. The molecule has 0 bridgehead atoms. The van der Waals surface area contributed by atoms with Crippen LogP contribution in [0.25, 0.3) is 0 Å². The summed E-state index contributed by atoms with van der Waals surface area (Å²) >= 11 is 0. The van der Waals surface area contributed by atoms with E-state index < -0.39 is 71.8 Å². The highest BCUT2D eigenvalue weighted by Gasteiger charge is 2.43. The summed E-state index contributed by atoms with van der Waals surface area (Å²) in [6.45, 7) is 5.33. The standard InChI is InChI=1S/C24H36N4O14/c1-13(25-21(35)41-15-9-37-23(3,19(31)32)38-10-15)17(29)27-5-7-28(8-6-27)18(30)14(2)26-22(36)42-16-11-39-24(4,20(33)34)40-12-16/h13-16H,5-12H2,1-4H3,(H,25,35)(H,26,36)(H,31,32)(H,33,34)/t13-,14-,15?,16?,23?,24?/m0/s1. The molecule has 0 aromatic rings. The third-order valence-corrected chi connectivity index (χ3v) is 6.82. The van der Waals surface area contributed by atoms with Crippen LogP contribution in [0.2, 0.25) is 0 Å². The SMILES string of the molecule is C[C@H](NC(=O)OC1COC(C)(C(=O)O)OC1)C(=O)N1CCN(C(=O)[C@H](C)NC(=O)OC2COC(C)(C(=O)O)OC2)CC1. The van der Waals surface area contributed by atoms with E-state index in [1.807, 2.05) is 0 Å². The second-order valence-electron chi connectivity index (χ2n) is 10.2. The molecule has 0 radical (unpaired) electrons. The number of carbonyl (C=O) groups is 6. The molecule has 4 N–H and O–H groups in total.